The van der Waals surface area contributed by atoms with E-state index in [9.17, 15) is 22.8 Å². The number of anilines is 1. The molecule has 1 aromatic carbocycles. The third kappa shape index (κ3) is 5.08. The van der Waals surface area contributed by atoms with Gasteiger partial charge in [-0.3, -0.25) is 9.48 Å². The monoisotopic (exact) mass is 513 g/mol. The summed E-state index contributed by atoms with van der Waals surface area (Å²) in [5.41, 5.74) is 5.89. The van der Waals surface area contributed by atoms with E-state index in [0.717, 1.165) is 12.3 Å². The third-order valence-electron chi connectivity index (χ3n) is 6.08. The lowest BCUT2D eigenvalue weighted by Gasteiger charge is -2.37. The minimum Gasteiger partial charge on any atom is -0.368 e. The Morgan fingerprint density at radius 1 is 1.03 bits per heavy atom. The number of primary amides is 1. The molecule has 11 nitrogen and oxygen atoms in total. The zero-order valence-corrected chi connectivity index (χ0v) is 19.5. The first-order valence-corrected chi connectivity index (χ1v) is 11.4. The number of hydrogen-bond acceptors (Lipinski definition) is 7. The summed E-state index contributed by atoms with van der Waals surface area (Å²) in [6.45, 7) is 1.21. The van der Waals surface area contributed by atoms with Crippen LogP contribution in [-0.2, 0) is 11.3 Å². The molecule has 0 unspecified atom stereocenters. The number of carbonyl (C=O) groups excluding carboxylic acids is 2. The van der Waals surface area contributed by atoms with Crippen molar-refractivity contribution < 1.29 is 22.8 Å². The first-order chi connectivity index (χ1) is 17.8. The molecule has 0 saturated carbocycles. The number of amides is 3. The van der Waals surface area contributed by atoms with Crippen LogP contribution in [0.1, 0.15) is 18.0 Å². The Kier molecular flexibility index (Phi) is 6.46. The fourth-order valence-electron chi connectivity index (χ4n) is 4.33. The number of benzene rings is 1. The molecule has 0 bridgehead atoms. The summed E-state index contributed by atoms with van der Waals surface area (Å²) in [6.07, 6.45) is 5.79. The van der Waals surface area contributed by atoms with Gasteiger partial charge in [0.25, 0.3) is 0 Å². The van der Waals surface area contributed by atoms with Crippen LogP contribution in [-0.4, -0.2) is 74.0 Å². The molecule has 14 heteroatoms. The number of nitrogens with two attached hydrogens (primary N) is 1. The van der Waals surface area contributed by atoms with Crippen molar-refractivity contribution in [3.05, 3.63) is 59.8 Å². The highest BCUT2D eigenvalue weighted by molar-refractivity contribution is 5.79. The molecule has 2 aliphatic rings. The van der Waals surface area contributed by atoms with Crippen LogP contribution in [0.25, 0.3) is 11.3 Å². The van der Waals surface area contributed by atoms with Crippen molar-refractivity contribution in [1.29, 1.82) is 0 Å². The molecule has 37 heavy (non-hydrogen) atoms. The average Bonchev–Trinajstić information content (AvgIpc) is 3.53. The van der Waals surface area contributed by atoms with Gasteiger partial charge in [-0.1, -0.05) is 0 Å². The fourth-order valence-corrected chi connectivity index (χ4v) is 4.33. The summed E-state index contributed by atoms with van der Waals surface area (Å²) in [6, 6.07) is 2.18. The maximum absolute atomic E-state index is 14.5. The molecule has 0 aliphatic carbocycles. The van der Waals surface area contributed by atoms with Crippen molar-refractivity contribution in [1.82, 2.24) is 29.7 Å². The van der Waals surface area contributed by atoms with Crippen LogP contribution in [0.4, 0.5) is 23.9 Å². The SMILES string of the molecule is NC(=O)Cn1cc(-c2nc(N3CCN(C(=O)N4N=CC[C@H]4c4cc(F)cc(F)c4)CC3)ncc2F)cn1. The van der Waals surface area contributed by atoms with Gasteiger partial charge in [0, 0.05) is 56.6 Å². The van der Waals surface area contributed by atoms with Crippen LogP contribution in [0.5, 0.6) is 0 Å². The number of halogens is 3. The number of urea groups is 1. The quantitative estimate of drug-likeness (QED) is 0.556. The molecule has 2 aliphatic heterocycles. The van der Waals surface area contributed by atoms with Crippen LogP contribution in [0.2, 0.25) is 0 Å². The highest BCUT2D eigenvalue weighted by Gasteiger charge is 2.34. The summed E-state index contributed by atoms with van der Waals surface area (Å²) in [4.78, 5) is 36.1. The summed E-state index contributed by atoms with van der Waals surface area (Å²) in [5, 5.41) is 9.37. The van der Waals surface area contributed by atoms with E-state index in [1.54, 1.807) is 11.1 Å². The van der Waals surface area contributed by atoms with Crippen molar-refractivity contribution in [2.45, 2.75) is 19.0 Å². The first-order valence-electron chi connectivity index (χ1n) is 11.4. The Balaban J connectivity index is 1.26. The zero-order chi connectivity index (χ0) is 26.1. The molecule has 3 aromatic rings. The van der Waals surface area contributed by atoms with Crippen molar-refractivity contribution in [2.75, 3.05) is 31.1 Å². The van der Waals surface area contributed by atoms with E-state index in [4.69, 9.17) is 5.73 Å². The number of nitrogens with zero attached hydrogens (tertiary/aromatic N) is 8. The van der Waals surface area contributed by atoms with E-state index in [-0.39, 0.29) is 24.2 Å². The minimum atomic E-state index is -0.721. The summed E-state index contributed by atoms with van der Waals surface area (Å²) >= 11 is 0. The van der Waals surface area contributed by atoms with Gasteiger partial charge < -0.3 is 15.5 Å². The van der Waals surface area contributed by atoms with Crippen molar-refractivity contribution in [2.24, 2.45) is 10.8 Å². The molecule has 0 spiro atoms. The lowest BCUT2D eigenvalue weighted by molar-refractivity contribution is -0.118. The lowest BCUT2D eigenvalue weighted by atomic mass is 10.0. The van der Waals surface area contributed by atoms with Crippen LogP contribution in [0, 0.1) is 17.5 Å². The predicted octanol–water partition coefficient (Wildman–Crippen LogP) is 1.92. The van der Waals surface area contributed by atoms with Gasteiger partial charge in [0.05, 0.1) is 18.4 Å². The minimum absolute atomic E-state index is 0.0239. The normalized spacial score (nSPS) is 17.5. The van der Waals surface area contributed by atoms with Crippen LogP contribution in [0.3, 0.4) is 0 Å². The molecule has 5 rings (SSSR count). The van der Waals surface area contributed by atoms with Gasteiger partial charge in [-0.2, -0.15) is 10.2 Å². The van der Waals surface area contributed by atoms with E-state index >= 15 is 0 Å². The van der Waals surface area contributed by atoms with E-state index < -0.39 is 29.4 Å². The Hall–Kier alpha value is -4.49. The van der Waals surface area contributed by atoms with Gasteiger partial charge in [0.15, 0.2) is 5.82 Å². The van der Waals surface area contributed by atoms with E-state index in [0.29, 0.717) is 43.7 Å². The van der Waals surface area contributed by atoms with Crippen LogP contribution < -0.4 is 10.6 Å². The number of hydrazone groups is 1. The van der Waals surface area contributed by atoms with Crippen molar-refractivity contribution in [3.8, 4) is 11.3 Å². The number of aromatic nitrogens is 4. The largest absolute Gasteiger partial charge is 0.368 e. The maximum atomic E-state index is 14.5. The number of rotatable bonds is 5. The van der Waals surface area contributed by atoms with Crippen LogP contribution >= 0.6 is 0 Å². The van der Waals surface area contributed by atoms with Gasteiger partial charge >= 0.3 is 6.03 Å². The molecule has 1 fully saturated rings. The highest BCUT2D eigenvalue weighted by atomic mass is 19.1. The second kappa shape index (κ2) is 9.87. The summed E-state index contributed by atoms with van der Waals surface area (Å²) < 4.78 is 43.2. The Bertz CT molecular complexity index is 1350. The molecule has 2 aromatic heterocycles. The number of hydrogen-bond donors (Lipinski definition) is 1. The number of carbonyl (C=O) groups is 2. The maximum Gasteiger partial charge on any atom is 0.341 e. The number of piperazine rings is 1. The average molecular weight is 513 g/mol. The van der Waals surface area contributed by atoms with Gasteiger partial charge in [-0.25, -0.2) is 32.9 Å². The molecule has 2 N–H and O–H groups in total. The van der Waals surface area contributed by atoms with Gasteiger partial charge in [-0.15, -0.1) is 0 Å². The molecule has 1 atom stereocenters. The van der Waals surface area contributed by atoms with Crippen molar-refractivity contribution in [3.63, 3.8) is 0 Å². The van der Waals surface area contributed by atoms with Gasteiger partial charge in [0.2, 0.25) is 11.9 Å². The molecular formula is C23H22F3N9O2. The standard InChI is InChI=1S/C23H22F3N9O2/c24-16-7-14(8-17(25)9-16)19-1-2-29-35(19)23(37)33-5-3-32(4-6-33)22-28-11-18(26)21(31-22)15-10-30-34(12-15)13-20(27)36/h2,7-12,19H,1,3-6,13H2,(H2,27,36)/t19-/m0/s1. The molecule has 0 radical (unpaired) electrons. The Labute approximate surface area is 209 Å². The Morgan fingerprint density at radius 3 is 2.46 bits per heavy atom. The molecule has 192 valence electrons. The topological polar surface area (TPSA) is 126 Å². The first kappa shape index (κ1) is 24.2. The molecular weight excluding hydrogens is 491 g/mol. The molecule has 1 saturated heterocycles. The van der Waals surface area contributed by atoms with Gasteiger partial charge in [0.1, 0.15) is 23.9 Å². The summed E-state index contributed by atoms with van der Waals surface area (Å²) in [7, 11) is 0. The molecule has 4 heterocycles. The third-order valence-corrected chi connectivity index (χ3v) is 6.08. The van der Waals surface area contributed by atoms with E-state index in [1.165, 1.54) is 34.2 Å². The second-order valence-electron chi connectivity index (χ2n) is 8.61. The summed E-state index contributed by atoms with van der Waals surface area (Å²) in [5.74, 6) is -2.40. The van der Waals surface area contributed by atoms with E-state index in [1.807, 2.05) is 4.90 Å². The second-order valence-corrected chi connectivity index (χ2v) is 8.61. The predicted molar refractivity (Wildman–Crippen MR) is 126 cm³/mol. The highest BCUT2D eigenvalue weighted by Crippen LogP contribution is 2.31. The van der Waals surface area contributed by atoms with E-state index in [2.05, 4.69) is 20.2 Å². The molecule has 3 amide bonds. The van der Waals surface area contributed by atoms with Crippen molar-refractivity contribution >= 4 is 24.1 Å². The Morgan fingerprint density at radius 2 is 1.76 bits per heavy atom. The smallest absolute Gasteiger partial charge is 0.341 e. The lowest BCUT2D eigenvalue weighted by Crippen LogP contribution is -2.52. The fraction of sp³-hybridized carbons (Fsp3) is 0.304. The van der Waals surface area contributed by atoms with Gasteiger partial charge in [-0.05, 0) is 17.7 Å². The zero-order valence-electron chi connectivity index (χ0n) is 19.5. The van der Waals surface area contributed by atoms with Crippen LogP contribution in [0.15, 0.2) is 41.9 Å².